The molecule has 2 nitrogen and oxygen atoms in total. The van der Waals surface area contributed by atoms with Crippen molar-refractivity contribution in [2.45, 2.75) is 31.6 Å². The first-order chi connectivity index (χ1) is 7.38. The van der Waals surface area contributed by atoms with Crippen molar-refractivity contribution in [3.63, 3.8) is 0 Å². The maximum absolute atomic E-state index is 11.4. The van der Waals surface area contributed by atoms with Crippen LogP contribution in [0.4, 0.5) is 0 Å². The number of benzene rings is 1. The van der Waals surface area contributed by atoms with Crippen LogP contribution in [0, 0.1) is 11.8 Å². The third-order valence-corrected chi connectivity index (χ3v) is 4.62. The van der Waals surface area contributed by atoms with Crippen LogP contribution < -0.4 is 0 Å². The average molecular weight is 238 g/mol. The van der Waals surface area contributed by atoms with E-state index in [1.54, 1.807) is 6.07 Å². The van der Waals surface area contributed by atoms with Gasteiger partial charge in [-0.1, -0.05) is 19.9 Å². The lowest BCUT2D eigenvalue weighted by Crippen LogP contribution is -2.07. The molecule has 0 saturated heterocycles. The molecule has 0 N–H and O–H groups in total. The Morgan fingerprint density at radius 1 is 1.19 bits per heavy atom. The topological polar surface area (TPSA) is 34.1 Å². The van der Waals surface area contributed by atoms with E-state index >= 15 is 0 Å². The van der Waals surface area contributed by atoms with Gasteiger partial charge in [0.05, 0.1) is 4.90 Å². The monoisotopic (exact) mass is 238 g/mol. The number of rotatable bonds is 2. The Morgan fingerprint density at radius 3 is 2.38 bits per heavy atom. The van der Waals surface area contributed by atoms with Gasteiger partial charge >= 0.3 is 0 Å². The van der Waals surface area contributed by atoms with E-state index < -0.39 is 9.84 Å². The summed E-state index contributed by atoms with van der Waals surface area (Å²) in [6.45, 7) is 4.46. The van der Waals surface area contributed by atoms with Crippen molar-refractivity contribution in [1.29, 1.82) is 0 Å². The summed E-state index contributed by atoms with van der Waals surface area (Å²) < 4.78 is 22.9. The molecule has 0 fully saturated rings. The Morgan fingerprint density at radius 2 is 1.81 bits per heavy atom. The van der Waals surface area contributed by atoms with E-state index in [2.05, 4.69) is 13.8 Å². The molecule has 0 bridgehead atoms. The third-order valence-electron chi connectivity index (χ3n) is 3.51. The number of hydrogen-bond donors (Lipinski definition) is 0. The molecule has 0 saturated carbocycles. The van der Waals surface area contributed by atoms with Crippen LogP contribution in [0.5, 0.6) is 0 Å². The molecule has 16 heavy (non-hydrogen) atoms. The first-order valence-corrected chi connectivity index (χ1v) is 7.59. The molecule has 1 atom stereocenters. The minimum atomic E-state index is -3.06. The van der Waals surface area contributed by atoms with Gasteiger partial charge in [0.2, 0.25) is 0 Å². The second kappa shape index (κ2) is 3.88. The Bertz CT molecular complexity index is 501. The molecule has 1 aliphatic carbocycles. The predicted molar refractivity (Wildman–Crippen MR) is 65.3 cm³/mol. The highest BCUT2D eigenvalue weighted by Gasteiger charge is 2.24. The molecule has 3 heteroatoms. The molecule has 0 aromatic heterocycles. The van der Waals surface area contributed by atoms with Crippen molar-refractivity contribution in [2.75, 3.05) is 6.26 Å². The van der Waals surface area contributed by atoms with E-state index in [1.807, 2.05) is 12.1 Å². The molecule has 1 aromatic rings. The van der Waals surface area contributed by atoms with Gasteiger partial charge in [0.15, 0.2) is 9.84 Å². The van der Waals surface area contributed by atoms with Crippen molar-refractivity contribution in [3.8, 4) is 0 Å². The fourth-order valence-corrected chi connectivity index (χ4v) is 3.00. The normalized spacial score (nSPS) is 20.1. The number of hydrogen-bond acceptors (Lipinski definition) is 2. The Kier molecular flexibility index (Phi) is 2.82. The molecule has 2 rings (SSSR count). The molecular weight excluding hydrogens is 220 g/mol. The largest absolute Gasteiger partial charge is 0.224 e. The van der Waals surface area contributed by atoms with Crippen LogP contribution in [-0.2, 0) is 22.7 Å². The van der Waals surface area contributed by atoms with E-state index in [0.717, 1.165) is 12.8 Å². The summed E-state index contributed by atoms with van der Waals surface area (Å²) in [4.78, 5) is 0.454. The van der Waals surface area contributed by atoms with Gasteiger partial charge in [0, 0.05) is 6.26 Å². The molecule has 88 valence electrons. The lowest BCUT2D eigenvalue weighted by atomic mass is 9.93. The van der Waals surface area contributed by atoms with Gasteiger partial charge in [0.25, 0.3) is 0 Å². The average Bonchev–Trinajstić information content (AvgIpc) is 2.58. The zero-order valence-electron chi connectivity index (χ0n) is 10.0. The summed E-state index contributed by atoms with van der Waals surface area (Å²) in [5, 5.41) is 0. The van der Waals surface area contributed by atoms with Gasteiger partial charge in [-0.05, 0) is 47.9 Å². The summed E-state index contributed by atoms with van der Waals surface area (Å²) in [7, 11) is -3.06. The highest BCUT2D eigenvalue weighted by molar-refractivity contribution is 7.90. The first-order valence-electron chi connectivity index (χ1n) is 5.70. The van der Waals surface area contributed by atoms with Crippen LogP contribution in [0.3, 0.4) is 0 Å². The maximum Gasteiger partial charge on any atom is 0.175 e. The molecule has 0 aliphatic heterocycles. The Labute approximate surface area is 97.6 Å². The fourth-order valence-electron chi connectivity index (χ4n) is 2.33. The van der Waals surface area contributed by atoms with Crippen LogP contribution >= 0.6 is 0 Å². The standard InChI is InChI=1S/C13H18O2S/c1-9(2)11-6-10-4-5-13(16(3,14)15)8-12(10)7-11/h4-5,8-9,11H,6-7H2,1-3H3. The lowest BCUT2D eigenvalue weighted by molar-refractivity contribution is 0.404. The third kappa shape index (κ3) is 2.14. The number of sulfone groups is 1. The van der Waals surface area contributed by atoms with Crippen LogP contribution in [0.2, 0.25) is 0 Å². The second-order valence-corrected chi connectivity index (χ2v) is 7.13. The first kappa shape index (κ1) is 11.6. The van der Waals surface area contributed by atoms with Gasteiger partial charge < -0.3 is 0 Å². The summed E-state index contributed by atoms with van der Waals surface area (Å²) in [5.74, 6) is 1.33. The van der Waals surface area contributed by atoms with Crippen LogP contribution in [0.15, 0.2) is 23.1 Å². The van der Waals surface area contributed by atoms with E-state index in [1.165, 1.54) is 17.4 Å². The van der Waals surface area contributed by atoms with Crippen molar-refractivity contribution in [2.24, 2.45) is 11.8 Å². The Balaban J connectivity index is 2.35. The van der Waals surface area contributed by atoms with Crippen molar-refractivity contribution in [1.82, 2.24) is 0 Å². The molecule has 1 aliphatic rings. The highest BCUT2D eigenvalue weighted by atomic mass is 32.2. The number of fused-ring (bicyclic) bond motifs is 1. The molecule has 1 aromatic carbocycles. The smallest absolute Gasteiger partial charge is 0.175 e. The Hall–Kier alpha value is -0.830. The molecule has 1 unspecified atom stereocenters. The molecule has 0 heterocycles. The minimum absolute atomic E-state index is 0.454. The van der Waals surface area contributed by atoms with Crippen molar-refractivity contribution < 1.29 is 8.42 Å². The summed E-state index contributed by atoms with van der Waals surface area (Å²) in [5.41, 5.74) is 2.55. The molecule has 0 amide bonds. The summed E-state index contributed by atoms with van der Waals surface area (Å²) in [6, 6.07) is 5.57. The van der Waals surface area contributed by atoms with Crippen molar-refractivity contribution in [3.05, 3.63) is 29.3 Å². The quantitative estimate of drug-likeness (QED) is 0.793. The highest BCUT2D eigenvalue weighted by Crippen LogP contribution is 2.32. The zero-order valence-corrected chi connectivity index (χ0v) is 10.8. The van der Waals surface area contributed by atoms with E-state index in [0.29, 0.717) is 16.7 Å². The summed E-state index contributed by atoms with van der Waals surface area (Å²) >= 11 is 0. The summed E-state index contributed by atoms with van der Waals surface area (Å²) in [6.07, 6.45) is 3.39. The molecule has 0 spiro atoms. The van der Waals surface area contributed by atoms with Crippen molar-refractivity contribution >= 4 is 9.84 Å². The van der Waals surface area contributed by atoms with Gasteiger partial charge in [0.1, 0.15) is 0 Å². The SMILES string of the molecule is CC(C)C1Cc2ccc(S(C)(=O)=O)cc2C1. The van der Waals surface area contributed by atoms with Crippen LogP contribution in [0.25, 0.3) is 0 Å². The molecule has 0 radical (unpaired) electrons. The lowest BCUT2D eigenvalue weighted by Gasteiger charge is -2.12. The van der Waals surface area contributed by atoms with Crippen LogP contribution in [-0.4, -0.2) is 14.7 Å². The van der Waals surface area contributed by atoms with Gasteiger partial charge in [-0.25, -0.2) is 8.42 Å². The molecular formula is C13H18O2S. The second-order valence-electron chi connectivity index (χ2n) is 5.12. The van der Waals surface area contributed by atoms with Gasteiger partial charge in [-0.15, -0.1) is 0 Å². The van der Waals surface area contributed by atoms with Gasteiger partial charge in [-0.3, -0.25) is 0 Å². The minimum Gasteiger partial charge on any atom is -0.224 e. The predicted octanol–water partition coefficient (Wildman–Crippen LogP) is 2.46. The van der Waals surface area contributed by atoms with E-state index in [4.69, 9.17) is 0 Å². The van der Waals surface area contributed by atoms with Crippen LogP contribution in [0.1, 0.15) is 25.0 Å². The maximum atomic E-state index is 11.4. The van der Waals surface area contributed by atoms with Gasteiger partial charge in [-0.2, -0.15) is 0 Å². The fraction of sp³-hybridized carbons (Fsp3) is 0.538. The van der Waals surface area contributed by atoms with E-state index in [-0.39, 0.29) is 0 Å². The van der Waals surface area contributed by atoms with E-state index in [9.17, 15) is 8.42 Å². The zero-order chi connectivity index (χ0) is 11.9.